The Labute approximate surface area is 220 Å². The molecule has 7 nitrogen and oxygen atoms in total. The van der Waals surface area contributed by atoms with Crippen LogP contribution in [0.25, 0.3) is 0 Å². The minimum absolute atomic E-state index is 0.187. The molecule has 0 aliphatic heterocycles. The van der Waals surface area contributed by atoms with Crippen molar-refractivity contribution in [2.24, 2.45) is 17.8 Å². The van der Waals surface area contributed by atoms with Crippen LogP contribution in [0.15, 0.2) is 0 Å². The number of unbranched alkanes of at least 4 members (excludes halogenated alkanes) is 1. The molecular weight excluding hydrogens is 507 g/mol. The third-order valence-electron chi connectivity index (χ3n) is 6.41. The van der Waals surface area contributed by atoms with Crippen LogP contribution in [0.3, 0.4) is 0 Å². The van der Waals surface area contributed by atoms with Crippen molar-refractivity contribution in [1.29, 1.82) is 0 Å². The SMILES string of the molecule is CCC(=O)OC(OP(=O)(CCCCC(CCSC)SC)CC(=O)C1CC(C)CC1OC=O)C(C)C. The van der Waals surface area contributed by atoms with Crippen LogP contribution < -0.4 is 0 Å². The minimum atomic E-state index is -3.44. The smallest absolute Gasteiger partial charge is 0.307 e. The van der Waals surface area contributed by atoms with Crippen LogP contribution in [-0.2, 0) is 32.9 Å². The number of ether oxygens (including phenoxy) is 2. The monoisotopic (exact) mass is 552 g/mol. The highest BCUT2D eigenvalue weighted by atomic mass is 32.2. The maximum Gasteiger partial charge on any atom is 0.307 e. The van der Waals surface area contributed by atoms with Crippen molar-refractivity contribution in [2.45, 2.75) is 90.3 Å². The molecule has 0 radical (unpaired) electrons. The third kappa shape index (κ3) is 12.1. The number of carbonyl (C=O) groups is 3. The van der Waals surface area contributed by atoms with Gasteiger partial charge in [0.05, 0.1) is 12.1 Å². The molecule has 1 aliphatic carbocycles. The summed E-state index contributed by atoms with van der Waals surface area (Å²) < 4.78 is 30.6. The number of thioether (sulfide) groups is 2. The first-order valence-electron chi connectivity index (χ1n) is 12.7. The van der Waals surface area contributed by atoms with Crippen molar-refractivity contribution in [3.8, 4) is 0 Å². The molecule has 204 valence electrons. The Kier molecular flexibility index (Phi) is 15.9. The van der Waals surface area contributed by atoms with E-state index in [1.807, 2.05) is 44.3 Å². The van der Waals surface area contributed by atoms with Crippen LogP contribution >= 0.6 is 30.9 Å². The van der Waals surface area contributed by atoms with Crippen molar-refractivity contribution in [2.75, 3.05) is 30.6 Å². The van der Waals surface area contributed by atoms with Gasteiger partial charge in [-0.15, -0.1) is 0 Å². The molecule has 1 fully saturated rings. The Morgan fingerprint density at radius 1 is 1.14 bits per heavy atom. The second kappa shape index (κ2) is 17.1. The van der Waals surface area contributed by atoms with Gasteiger partial charge in [0.1, 0.15) is 11.9 Å². The number of carbonyl (C=O) groups excluding carboxylic acids is 3. The summed E-state index contributed by atoms with van der Waals surface area (Å²) in [4.78, 5) is 36.1. The lowest BCUT2D eigenvalue weighted by Crippen LogP contribution is -2.31. The molecule has 6 atom stereocenters. The average Bonchev–Trinajstić information content (AvgIpc) is 3.18. The fraction of sp³-hybridized carbons (Fsp3) is 0.880. The highest BCUT2D eigenvalue weighted by Crippen LogP contribution is 2.51. The molecule has 35 heavy (non-hydrogen) atoms. The van der Waals surface area contributed by atoms with Gasteiger partial charge in [0.15, 0.2) is 0 Å². The van der Waals surface area contributed by atoms with Gasteiger partial charge in [-0.25, -0.2) is 0 Å². The normalized spacial score (nSPS) is 23.5. The largest absolute Gasteiger partial charge is 0.464 e. The van der Waals surface area contributed by atoms with Crippen LogP contribution in [0.2, 0.25) is 0 Å². The molecule has 0 spiro atoms. The summed E-state index contributed by atoms with van der Waals surface area (Å²) in [6.07, 6.45) is 7.92. The minimum Gasteiger partial charge on any atom is -0.464 e. The molecule has 10 heteroatoms. The lowest BCUT2D eigenvalue weighted by Gasteiger charge is -2.28. The summed E-state index contributed by atoms with van der Waals surface area (Å²) in [6.45, 7) is 7.76. The van der Waals surface area contributed by atoms with Gasteiger partial charge in [0.25, 0.3) is 6.47 Å². The van der Waals surface area contributed by atoms with E-state index in [0.717, 1.165) is 25.0 Å². The Morgan fingerprint density at radius 3 is 2.43 bits per heavy atom. The van der Waals surface area contributed by atoms with Crippen molar-refractivity contribution in [3.63, 3.8) is 0 Å². The second-order valence-corrected chi connectivity index (χ2v) is 14.5. The number of Topliss-reactive ketones (excluding diaryl/α,β-unsaturated/α-hetero) is 1. The molecule has 0 N–H and O–H groups in total. The summed E-state index contributed by atoms with van der Waals surface area (Å²) in [5.41, 5.74) is 0. The zero-order chi connectivity index (χ0) is 26.4. The second-order valence-electron chi connectivity index (χ2n) is 9.81. The number of hydrogen-bond donors (Lipinski definition) is 0. The summed E-state index contributed by atoms with van der Waals surface area (Å²) in [5, 5.41) is 0.555. The molecule has 1 rings (SSSR count). The maximum atomic E-state index is 14.0. The fourth-order valence-electron chi connectivity index (χ4n) is 4.36. The van der Waals surface area contributed by atoms with E-state index < -0.39 is 31.7 Å². The van der Waals surface area contributed by atoms with Gasteiger partial charge in [-0.05, 0) is 56.3 Å². The van der Waals surface area contributed by atoms with Crippen molar-refractivity contribution < 1.29 is 32.9 Å². The molecule has 6 unspecified atom stereocenters. The lowest BCUT2D eigenvalue weighted by atomic mass is 10.0. The van der Waals surface area contributed by atoms with Crippen molar-refractivity contribution in [3.05, 3.63) is 0 Å². The van der Waals surface area contributed by atoms with Crippen molar-refractivity contribution >= 4 is 49.1 Å². The Bertz CT molecular complexity index is 703. The van der Waals surface area contributed by atoms with Crippen LogP contribution in [0, 0.1) is 17.8 Å². The molecule has 0 bridgehead atoms. The molecule has 0 aromatic rings. The molecule has 0 aromatic heterocycles. The van der Waals surface area contributed by atoms with Crippen molar-refractivity contribution in [1.82, 2.24) is 0 Å². The highest BCUT2D eigenvalue weighted by molar-refractivity contribution is 7.99. The first kappa shape index (κ1) is 32.5. The number of rotatable bonds is 19. The Hall–Kier alpha value is -0.500. The fourth-order valence-corrected chi connectivity index (χ4v) is 8.21. The standard InChI is InChI=1S/C25H45O7PS2/c1-7-24(28)31-25(18(2)3)32-33(29,12-9-8-10-20(35-6)11-13-34-5)16-22(27)21-14-19(4)15-23(21)30-17-26/h17-21,23,25H,7-16H2,1-6H3. The molecule has 1 saturated carbocycles. The average molecular weight is 553 g/mol. The van der Waals surface area contributed by atoms with Gasteiger partial charge in [-0.2, -0.15) is 23.5 Å². The molecule has 0 amide bonds. The number of ketones is 1. The van der Waals surface area contributed by atoms with E-state index in [2.05, 4.69) is 12.5 Å². The predicted octanol–water partition coefficient (Wildman–Crippen LogP) is 6.03. The zero-order valence-electron chi connectivity index (χ0n) is 22.2. The van der Waals surface area contributed by atoms with Crippen LogP contribution in [-0.4, -0.2) is 66.5 Å². The van der Waals surface area contributed by atoms with Crippen LogP contribution in [0.1, 0.15) is 72.6 Å². The molecule has 0 aromatic carbocycles. The summed E-state index contributed by atoms with van der Waals surface area (Å²) >= 11 is 3.70. The number of hydrogen-bond acceptors (Lipinski definition) is 9. The van der Waals surface area contributed by atoms with Gasteiger partial charge in [0, 0.05) is 23.8 Å². The van der Waals surface area contributed by atoms with E-state index in [4.69, 9.17) is 14.0 Å². The molecule has 0 heterocycles. The highest BCUT2D eigenvalue weighted by Gasteiger charge is 2.42. The molecule has 0 saturated heterocycles. The van der Waals surface area contributed by atoms with Crippen LogP contribution in [0.5, 0.6) is 0 Å². The number of esters is 1. The third-order valence-corrected chi connectivity index (χ3v) is 10.6. The molecule has 1 aliphatic rings. The topological polar surface area (TPSA) is 96.0 Å². The quantitative estimate of drug-likeness (QED) is 0.0626. The summed E-state index contributed by atoms with van der Waals surface area (Å²) in [5.74, 6) is 0.0461. The molecular formula is C25H45O7PS2. The van der Waals surface area contributed by atoms with E-state index in [0.29, 0.717) is 31.0 Å². The van der Waals surface area contributed by atoms with E-state index in [-0.39, 0.29) is 36.4 Å². The van der Waals surface area contributed by atoms with E-state index in [1.54, 1.807) is 6.92 Å². The lowest BCUT2D eigenvalue weighted by molar-refractivity contribution is -0.169. The Balaban J connectivity index is 2.94. The summed E-state index contributed by atoms with van der Waals surface area (Å²) in [6, 6.07) is 0. The van der Waals surface area contributed by atoms with Gasteiger partial charge in [-0.3, -0.25) is 23.5 Å². The van der Waals surface area contributed by atoms with Gasteiger partial charge < -0.3 is 9.47 Å². The predicted molar refractivity (Wildman–Crippen MR) is 145 cm³/mol. The first-order chi connectivity index (χ1) is 16.6. The maximum absolute atomic E-state index is 14.0. The van der Waals surface area contributed by atoms with E-state index in [1.165, 1.54) is 0 Å². The Morgan fingerprint density at radius 2 is 1.86 bits per heavy atom. The van der Waals surface area contributed by atoms with Crippen LogP contribution in [0.4, 0.5) is 0 Å². The van der Waals surface area contributed by atoms with Gasteiger partial charge >= 0.3 is 5.97 Å². The zero-order valence-corrected chi connectivity index (χ0v) is 24.8. The first-order valence-corrected chi connectivity index (χ1v) is 17.4. The van der Waals surface area contributed by atoms with Gasteiger partial charge in [0.2, 0.25) is 13.7 Å². The van der Waals surface area contributed by atoms with Gasteiger partial charge in [-0.1, -0.05) is 34.1 Å². The van der Waals surface area contributed by atoms with E-state index in [9.17, 15) is 18.9 Å². The van der Waals surface area contributed by atoms with E-state index >= 15 is 0 Å². The summed E-state index contributed by atoms with van der Waals surface area (Å²) in [7, 11) is -3.44.